The third-order valence-corrected chi connectivity index (χ3v) is 4.15. The first kappa shape index (κ1) is 17.2. The highest BCUT2D eigenvalue weighted by Crippen LogP contribution is 2.30. The highest BCUT2D eigenvalue weighted by Gasteiger charge is 2.08. The highest BCUT2D eigenvalue weighted by atomic mass is 35.5. The molecule has 2 aromatic carbocycles. The van der Waals surface area contributed by atoms with Gasteiger partial charge in [-0.15, -0.1) is 0 Å². The highest BCUT2D eigenvalue weighted by molar-refractivity contribution is 6.32. The molecule has 7 heteroatoms. The minimum absolute atomic E-state index is 0.334. The summed E-state index contributed by atoms with van der Waals surface area (Å²) in [7, 11) is 0. The smallest absolute Gasteiger partial charge is 0.227 e. The van der Waals surface area contributed by atoms with E-state index in [1.165, 1.54) is 12.1 Å². The van der Waals surface area contributed by atoms with Gasteiger partial charge in [-0.2, -0.15) is 0 Å². The molecule has 0 radical (unpaired) electrons. The van der Waals surface area contributed by atoms with Gasteiger partial charge < -0.3 is 10.1 Å². The lowest BCUT2D eigenvalue weighted by molar-refractivity contribution is 0.306. The predicted molar refractivity (Wildman–Crippen MR) is 103 cm³/mol. The van der Waals surface area contributed by atoms with E-state index in [4.69, 9.17) is 16.3 Å². The van der Waals surface area contributed by atoms with Gasteiger partial charge in [0.2, 0.25) is 5.95 Å². The van der Waals surface area contributed by atoms with Gasteiger partial charge in [-0.1, -0.05) is 17.7 Å². The zero-order chi connectivity index (χ0) is 18.6. The monoisotopic (exact) mass is 380 g/mol. The maximum atomic E-state index is 13.3. The Balaban J connectivity index is 1.59. The molecule has 0 aliphatic carbocycles. The van der Waals surface area contributed by atoms with Crippen LogP contribution in [0.1, 0.15) is 5.56 Å². The van der Waals surface area contributed by atoms with Crippen LogP contribution in [-0.2, 0) is 6.61 Å². The number of nitrogens with zero attached hydrogens (tertiary/aromatic N) is 3. The fourth-order valence-corrected chi connectivity index (χ4v) is 2.76. The summed E-state index contributed by atoms with van der Waals surface area (Å²) >= 11 is 6.31. The summed E-state index contributed by atoms with van der Waals surface area (Å²) in [6.45, 7) is 0.368. The molecule has 0 fully saturated rings. The Kier molecular flexibility index (Phi) is 4.80. The molecule has 4 aromatic rings. The molecule has 0 aliphatic rings. The quantitative estimate of drug-likeness (QED) is 0.519. The first-order valence-corrected chi connectivity index (χ1v) is 8.56. The van der Waals surface area contributed by atoms with Crippen molar-refractivity contribution in [2.45, 2.75) is 6.61 Å². The molecule has 0 aliphatic heterocycles. The summed E-state index contributed by atoms with van der Waals surface area (Å²) in [4.78, 5) is 12.7. The Hall–Kier alpha value is -3.25. The van der Waals surface area contributed by atoms with E-state index in [-0.39, 0.29) is 5.82 Å². The molecule has 0 spiro atoms. The van der Waals surface area contributed by atoms with Crippen molar-refractivity contribution in [1.29, 1.82) is 0 Å². The van der Waals surface area contributed by atoms with Crippen molar-refractivity contribution >= 4 is 34.1 Å². The van der Waals surface area contributed by atoms with Crippen molar-refractivity contribution in [3.8, 4) is 5.75 Å². The van der Waals surface area contributed by atoms with Gasteiger partial charge in [0.1, 0.15) is 18.2 Å². The second-order valence-electron chi connectivity index (χ2n) is 5.81. The van der Waals surface area contributed by atoms with Crippen LogP contribution in [0.5, 0.6) is 5.75 Å². The summed E-state index contributed by atoms with van der Waals surface area (Å²) < 4.78 is 19.1. The summed E-state index contributed by atoms with van der Waals surface area (Å²) in [5.41, 5.74) is 2.22. The molecule has 1 N–H and O–H groups in total. The maximum absolute atomic E-state index is 13.3. The largest absolute Gasteiger partial charge is 0.487 e. The number of anilines is 2. The molecule has 134 valence electrons. The topological polar surface area (TPSA) is 59.9 Å². The van der Waals surface area contributed by atoms with E-state index in [1.807, 2.05) is 12.1 Å². The molecule has 27 heavy (non-hydrogen) atoms. The Morgan fingerprint density at radius 1 is 1.07 bits per heavy atom. The molecule has 5 nitrogen and oxygen atoms in total. The van der Waals surface area contributed by atoms with Gasteiger partial charge in [-0.3, -0.25) is 4.98 Å². The summed E-state index contributed by atoms with van der Waals surface area (Å²) in [5, 5.41) is 4.24. The van der Waals surface area contributed by atoms with Gasteiger partial charge in [0.25, 0.3) is 0 Å². The summed E-state index contributed by atoms with van der Waals surface area (Å²) in [6, 6.07) is 13.4. The maximum Gasteiger partial charge on any atom is 0.227 e. The van der Waals surface area contributed by atoms with Crippen LogP contribution in [0.2, 0.25) is 5.02 Å². The zero-order valence-corrected chi connectivity index (χ0v) is 14.8. The van der Waals surface area contributed by atoms with E-state index in [1.54, 1.807) is 42.9 Å². The Bertz CT molecular complexity index is 1090. The number of hydrogen-bond acceptors (Lipinski definition) is 5. The Morgan fingerprint density at radius 3 is 2.74 bits per heavy atom. The van der Waals surface area contributed by atoms with Crippen LogP contribution in [0.25, 0.3) is 10.9 Å². The van der Waals surface area contributed by atoms with E-state index < -0.39 is 0 Å². The lowest BCUT2D eigenvalue weighted by Gasteiger charge is -2.10. The second-order valence-corrected chi connectivity index (χ2v) is 6.22. The molecule has 0 bridgehead atoms. The van der Waals surface area contributed by atoms with Crippen LogP contribution in [0.4, 0.5) is 16.0 Å². The third-order valence-electron chi connectivity index (χ3n) is 3.86. The Labute approximate surface area is 159 Å². The number of aromatic nitrogens is 3. The SMILES string of the molecule is Fc1cccc(Nc2ncc3cc(Cl)c(OCc4ccncc4)cc3n2)c1. The van der Waals surface area contributed by atoms with E-state index in [9.17, 15) is 4.39 Å². The predicted octanol–water partition coefficient (Wildman–Crippen LogP) is 5.14. The van der Waals surface area contributed by atoms with E-state index in [0.717, 1.165) is 10.9 Å². The molecule has 0 unspecified atom stereocenters. The average molecular weight is 381 g/mol. The zero-order valence-electron chi connectivity index (χ0n) is 14.1. The van der Waals surface area contributed by atoms with Crippen LogP contribution in [0.3, 0.4) is 0 Å². The normalized spacial score (nSPS) is 10.7. The molecule has 4 rings (SSSR count). The number of nitrogens with one attached hydrogen (secondary N) is 1. The van der Waals surface area contributed by atoms with E-state index in [2.05, 4.69) is 20.3 Å². The van der Waals surface area contributed by atoms with E-state index in [0.29, 0.717) is 34.5 Å². The van der Waals surface area contributed by atoms with Crippen molar-refractivity contribution in [3.05, 3.63) is 83.5 Å². The molecule has 0 saturated carbocycles. The number of benzene rings is 2. The van der Waals surface area contributed by atoms with Crippen LogP contribution in [0.15, 0.2) is 67.1 Å². The fourth-order valence-electron chi connectivity index (χ4n) is 2.54. The first-order chi connectivity index (χ1) is 13.2. The van der Waals surface area contributed by atoms with Gasteiger partial charge in [0, 0.05) is 35.7 Å². The molecule has 2 aromatic heterocycles. The number of fused-ring (bicyclic) bond motifs is 1. The van der Waals surface area contributed by atoms with Gasteiger partial charge in [0.15, 0.2) is 0 Å². The number of ether oxygens (including phenoxy) is 1. The van der Waals surface area contributed by atoms with E-state index >= 15 is 0 Å². The van der Waals surface area contributed by atoms with Crippen LogP contribution in [0, 0.1) is 5.82 Å². The van der Waals surface area contributed by atoms with Crippen LogP contribution < -0.4 is 10.1 Å². The molecule has 2 heterocycles. The van der Waals surface area contributed by atoms with Crippen LogP contribution in [-0.4, -0.2) is 15.0 Å². The van der Waals surface area contributed by atoms with Crippen molar-refractivity contribution in [1.82, 2.24) is 15.0 Å². The van der Waals surface area contributed by atoms with Crippen LogP contribution >= 0.6 is 11.6 Å². The number of rotatable bonds is 5. The Morgan fingerprint density at radius 2 is 1.93 bits per heavy atom. The molecular weight excluding hydrogens is 367 g/mol. The number of halogens is 2. The average Bonchev–Trinajstić information content (AvgIpc) is 2.67. The number of pyridine rings is 1. The molecule has 0 atom stereocenters. The summed E-state index contributed by atoms with van der Waals surface area (Å²) in [6.07, 6.45) is 5.07. The lowest BCUT2D eigenvalue weighted by Crippen LogP contribution is -1.99. The third kappa shape index (κ3) is 4.12. The second kappa shape index (κ2) is 7.55. The molecule has 0 saturated heterocycles. The van der Waals surface area contributed by atoms with Crippen molar-refractivity contribution in [3.63, 3.8) is 0 Å². The summed E-state index contributed by atoms with van der Waals surface area (Å²) in [5.74, 6) is 0.547. The number of hydrogen-bond donors (Lipinski definition) is 1. The van der Waals surface area contributed by atoms with Gasteiger partial charge in [0.05, 0.1) is 10.5 Å². The van der Waals surface area contributed by atoms with Crippen molar-refractivity contribution in [2.75, 3.05) is 5.32 Å². The van der Waals surface area contributed by atoms with Crippen molar-refractivity contribution in [2.24, 2.45) is 0 Å². The van der Waals surface area contributed by atoms with Gasteiger partial charge in [-0.05, 0) is 42.0 Å². The first-order valence-electron chi connectivity index (χ1n) is 8.18. The van der Waals surface area contributed by atoms with Gasteiger partial charge >= 0.3 is 0 Å². The standard InChI is InChI=1S/C20H14ClFN4O/c21-17-8-14-11-24-20(25-16-3-1-2-15(22)9-16)26-18(14)10-19(17)27-12-13-4-6-23-7-5-13/h1-11H,12H2,(H,24,25,26). The molecular formula is C20H14ClFN4O. The fraction of sp³-hybridized carbons (Fsp3) is 0.0500. The minimum Gasteiger partial charge on any atom is -0.487 e. The minimum atomic E-state index is -0.334. The van der Waals surface area contributed by atoms with Gasteiger partial charge in [-0.25, -0.2) is 14.4 Å². The van der Waals surface area contributed by atoms with Crippen molar-refractivity contribution < 1.29 is 9.13 Å². The molecule has 0 amide bonds. The lowest BCUT2D eigenvalue weighted by atomic mass is 10.2.